The summed E-state index contributed by atoms with van der Waals surface area (Å²) in [5.41, 5.74) is 1.10. The van der Waals surface area contributed by atoms with Crippen LogP contribution < -0.4 is 4.90 Å². The summed E-state index contributed by atoms with van der Waals surface area (Å²) >= 11 is 7.80. The number of benzene rings is 2. The van der Waals surface area contributed by atoms with Crippen molar-refractivity contribution in [1.82, 2.24) is 14.2 Å². The number of hydrogen-bond donors (Lipinski definition) is 0. The molecular weight excluding hydrogens is 544 g/mol. The van der Waals surface area contributed by atoms with E-state index in [1.54, 1.807) is 39.5 Å². The number of hydrogen-bond acceptors (Lipinski definition) is 7. The van der Waals surface area contributed by atoms with E-state index in [0.717, 1.165) is 63.2 Å². The zero-order chi connectivity index (χ0) is 26.7. The second-order valence-electron chi connectivity index (χ2n) is 9.83. The number of piperidine rings is 1. The number of thiazole rings is 1. The minimum absolute atomic E-state index is 0.0251. The maximum absolute atomic E-state index is 13.8. The van der Waals surface area contributed by atoms with Gasteiger partial charge in [-0.1, -0.05) is 35.4 Å². The molecule has 1 unspecified atom stereocenters. The Bertz CT molecular complexity index is 1370. The SMILES string of the molecule is CC1CCCCN1S(=O)(=O)c1ccc(C(=O)N(CCCN2CCOCC2)c2nc3c(Cl)cccc3s2)cc1. The maximum atomic E-state index is 13.8. The van der Waals surface area contributed by atoms with Crippen LogP contribution >= 0.6 is 22.9 Å². The first-order chi connectivity index (χ1) is 18.3. The van der Waals surface area contributed by atoms with Gasteiger partial charge in [-0.3, -0.25) is 14.6 Å². The third kappa shape index (κ3) is 5.90. The van der Waals surface area contributed by atoms with Crippen LogP contribution in [0.2, 0.25) is 5.02 Å². The number of para-hydroxylation sites is 1. The molecule has 0 bridgehead atoms. The van der Waals surface area contributed by atoms with Crippen LogP contribution in [0.3, 0.4) is 0 Å². The predicted molar refractivity (Wildman–Crippen MR) is 152 cm³/mol. The summed E-state index contributed by atoms with van der Waals surface area (Å²) in [5.74, 6) is -0.211. The van der Waals surface area contributed by atoms with E-state index in [1.807, 2.05) is 19.1 Å². The van der Waals surface area contributed by atoms with Crippen LogP contribution in [-0.4, -0.2) is 80.5 Å². The van der Waals surface area contributed by atoms with E-state index in [0.29, 0.717) is 34.3 Å². The Morgan fingerprint density at radius 1 is 1.13 bits per heavy atom. The van der Waals surface area contributed by atoms with Crippen molar-refractivity contribution in [3.8, 4) is 0 Å². The molecule has 2 aromatic carbocycles. The molecule has 1 aromatic heterocycles. The fourth-order valence-corrected chi connectivity index (χ4v) is 8.06. The lowest BCUT2D eigenvalue weighted by Gasteiger charge is -2.32. The molecule has 0 N–H and O–H groups in total. The quantitative estimate of drug-likeness (QED) is 0.380. The van der Waals surface area contributed by atoms with Crippen LogP contribution in [0.15, 0.2) is 47.4 Å². The average Bonchev–Trinajstić information content (AvgIpc) is 3.37. The Hall–Kier alpha value is -2.08. The van der Waals surface area contributed by atoms with Gasteiger partial charge < -0.3 is 4.74 Å². The highest BCUT2D eigenvalue weighted by Gasteiger charge is 2.31. The number of ether oxygens (including phenoxy) is 1. The van der Waals surface area contributed by atoms with E-state index in [-0.39, 0.29) is 16.8 Å². The van der Waals surface area contributed by atoms with Gasteiger partial charge in [0, 0.05) is 44.3 Å². The number of halogens is 1. The van der Waals surface area contributed by atoms with Gasteiger partial charge in [0.2, 0.25) is 10.0 Å². The second-order valence-corrected chi connectivity index (χ2v) is 13.1. The van der Waals surface area contributed by atoms with Crippen LogP contribution in [-0.2, 0) is 14.8 Å². The number of amides is 1. The summed E-state index contributed by atoms with van der Waals surface area (Å²) in [6, 6.07) is 11.9. The smallest absolute Gasteiger partial charge is 0.260 e. The normalized spacial score (nSPS) is 19.6. The Balaban J connectivity index is 1.38. The highest BCUT2D eigenvalue weighted by molar-refractivity contribution is 7.89. The lowest BCUT2D eigenvalue weighted by atomic mass is 10.1. The predicted octanol–water partition coefficient (Wildman–Crippen LogP) is 4.88. The summed E-state index contributed by atoms with van der Waals surface area (Å²) in [7, 11) is -3.61. The van der Waals surface area contributed by atoms with Crippen molar-refractivity contribution in [3.05, 3.63) is 53.1 Å². The molecular formula is C27H33ClN4O4S2. The van der Waals surface area contributed by atoms with Crippen LogP contribution in [0.5, 0.6) is 0 Å². The van der Waals surface area contributed by atoms with Gasteiger partial charge in [0.15, 0.2) is 5.13 Å². The van der Waals surface area contributed by atoms with Crippen molar-refractivity contribution < 1.29 is 17.9 Å². The lowest BCUT2D eigenvalue weighted by Crippen LogP contribution is -2.41. The van der Waals surface area contributed by atoms with Gasteiger partial charge in [-0.05, 0) is 62.6 Å². The molecule has 0 radical (unpaired) electrons. The van der Waals surface area contributed by atoms with E-state index in [4.69, 9.17) is 21.3 Å². The molecule has 3 heterocycles. The summed E-state index contributed by atoms with van der Waals surface area (Å²) in [6.07, 6.45) is 3.54. The van der Waals surface area contributed by atoms with Gasteiger partial charge in [-0.15, -0.1) is 0 Å². The third-order valence-electron chi connectivity index (χ3n) is 7.24. The standard InChI is InChI=1S/C27H33ClN4O4S2/c1-20-6-2-3-15-32(20)38(34,35)22-11-9-21(10-12-22)26(33)31(14-5-13-30-16-18-36-19-17-30)27-29-25-23(28)7-4-8-24(25)37-27/h4,7-12,20H,2-3,5-6,13-19H2,1H3. The van der Waals surface area contributed by atoms with E-state index in [9.17, 15) is 13.2 Å². The summed E-state index contributed by atoms with van der Waals surface area (Å²) in [5, 5.41) is 1.13. The molecule has 2 aliphatic heterocycles. The number of morpholine rings is 1. The van der Waals surface area contributed by atoms with Crippen molar-refractivity contribution in [2.45, 2.75) is 43.5 Å². The molecule has 3 aromatic rings. The Kier molecular flexibility index (Phi) is 8.66. The number of anilines is 1. The van der Waals surface area contributed by atoms with Gasteiger partial charge in [-0.25, -0.2) is 13.4 Å². The molecule has 38 heavy (non-hydrogen) atoms. The van der Waals surface area contributed by atoms with Gasteiger partial charge in [0.05, 0.1) is 27.8 Å². The number of carbonyl (C=O) groups is 1. The number of sulfonamides is 1. The summed E-state index contributed by atoms with van der Waals surface area (Å²) < 4.78 is 34.4. The molecule has 0 aliphatic carbocycles. The molecule has 5 rings (SSSR count). The highest BCUT2D eigenvalue weighted by atomic mass is 35.5. The minimum Gasteiger partial charge on any atom is -0.379 e. The van der Waals surface area contributed by atoms with E-state index < -0.39 is 10.0 Å². The van der Waals surface area contributed by atoms with Gasteiger partial charge >= 0.3 is 0 Å². The van der Waals surface area contributed by atoms with Crippen LogP contribution in [0.25, 0.3) is 10.2 Å². The van der Waals surface area contributed by atoms with Gasteiger partial charge in [0.1, 0.15) is 5.52 Å². The number of rotatable bonds is 8. The fourth-order valence-electron chi connectivity index (χ4n) is 5.07. The number of nitrogens with zero attached hydrogens (tertiary/aromatic N) is 4. The first kappa shape index (κ1) is 27.5. The summed E-state index contributed by atoms with van der Waals surface area (Å²) in [6.45, 7) is 7.04. The Morgan fingerprint density at radius 2 is 1.89 bits per heavy atom. The molecule has 1 atom stereocenters. The van der Waals surface area contributed by atoms with E-state index >= 15 is 0 Å². The molecule has 0 spiro atoms. The van der Waals surface area contributed by atoms with E-state index in [1.165, 1.54) is 11.3 Å². The van der Waals surface area contributed by atoms with E-state index in [2.05, 4.69) is 4.90 Å². The Morgan fingerprint density at radius 3 is 2.61 bits per heavy atom. The number of aromatic nitrogens is 1. The van der Waals surface area contributed by atoms with Crippen LogP contribution in [0.4, 0.5) is 5.13 Å². The highest BCUT2D eigenvalue weighted by Crippen LogP contribution is 2.34. The molecule has 2 saturated heterocycles. The fraction of sp³-hybridized carbons (Fsp3) is 0.481. The zero-order valence-corrected chi connectivity index (χ0v) is 23.9. The lowest BCUT2D eigenvalue weighted by molar-refractivity contribution is 0.0376. The first-order valence-corrected chi connectivity index (χ1v) is 15.8. The van der Waals surface area contributed by atoms with Crippen molar-refractivity contribution >= 4 is 54.2 Å². The average molecular weight is 577 g/mol. The molecule has 204 valence electrons. The molecule has 1 amide bonds. The van der Waals surface area contributed by atoms with Crippen molar-refractivity contribution in [2.75, 3.05) is 50.8 Å². The molecule has 8 nitrogen and oxygen atoms in total. The molecule has 2 fully saturated rings. The van der Waals surface area contributed by atoms with Crippen molar-refractivity contribution in [2.24, 2.45) is 0 Å². The number of fused-ring (bicyclic) bond motifs is 1. The van der Waals surface area contributed by atoms with Crippen molar-refractivity contribution in [3.63, 3.8) is 0 Å². The largest absolute Gasteiger partial charge is 0.379 e. The first-order valence-electron chi connectivity index (χ1n) is 13.1. The van der Waals surface area contributed by atoms with Crippen LogP contribution in [0.1, 0.15) is 43.0 Å². The summed E-state index contributed by atoms with van der Waals surface area (Å²) in [4.78, 5) is 22.7. The minimum atomic E-state index is -3.61. The number of carbonyl (C=O) groups excluding carboxylic acids is 1. The Labute approximate surface area is 233 Å². The van der Waals surface area contributed by atoms with Gasteiger partial charge in [0.25, 0.3) is 5.91 Å². The van der Waals surface area contributed by atoms with Crippen molar-refractivity contribution in [1.29, 1.82) is 0 Å². The second kappa shape index (κ2) is 12.0. The zero-order valence-electron chi connectivity index (χ0n) is 21.5. The molecule has 11 heteroatoms. The van der Waals surface area contributed by atoms with Crippen LogP contribution in [0, 0.1) is 0 Å². The maximum Gasteiger partial charge on any atom is 0.260 e. The third-order valence-corrected chi connectivity index (χ3v) is 10.6. The monoisotopic (exact) mass is 576 g/mol. The molecule has 0 saturated carbocycles. The molecule has 2 aliphatic rings. The topological polar surface area (TPSA) is 83.1 Å². The van der Waals surface area contributed by atoms with Gasteiger partial charge in [-0.2, -0.15) is 4.31 Å².